The van der Waals surface area contributed by atoms with Crippen molar-refractivity contribution in [2.75, 3.05) is 6.54 Å². The summed E-state index contributed by atoms with van der Waals surface area (Å²) in [5.74, 6) is 0.741. The van der Waals surface area contributed by atoms with Crippen molar-refractivity contribution in [1.29, 1.82) is 0 Å². The summed E-state index contributed by atoms with van der Waals surface area (Å²) in [6, 6.07) is 7.28. The predicted molar refractivity (Wildman–Crippen MR) is 83.1 cm³/mol. The standard InChI is InChI=1S/C15H26N2O2S/c1-12(2)4-5-13(3)17-11-10-14-6-8-15(9-7-14)20(16,18)19/h6-9,12-13,17H,4-5,10-11H2,1-3H3,(H2,16,18,19). The summed E-state index contributed by atoms with van der Waals surface area (Å²) < 4.78 is 22.3. The van der Waals surface area contributed by atoms with Gasteiger partial charge in [0.25, 0.3) is 0 Å². The quantitative estimate of drug-likeness (QED) is 0.773. The van der Waals surface area contributed by atoms with E-state index in [4.69, 9.17) is 5.14 Å². The Balaban J connectivity index is 2.36. The molecule has 20 heavy (non-hydrogen) atoms. The maximum Gasteiger partial charge on any atom is 0.238 e. The van der Waals surface area contributed by atoms with Crippen LogP contribution in [0.5, 0.6) is 0 Å². The maximum absolute atomic E-state index is 11.1. The molecule has 1 atom stereocenters. The van der Waals surface area contributed by atoms with Crippen molar-refractivity contribution in [3.05, 3.63) is 29.8 Å². The van der Waals surface area contributed by atoms with Crippen molar-refractivity contribution in [1.82, 2.24) is 5.32 Å². The molecule has 0 radical (unpaired) electrons. The van der Waals surface area contributed by atoms with Crippen LogP contribution in [0.2, 0.25) is 0 Å². The van der Waals surface area contributed by atoms with Crippen molar-refractivity contribution in [2.24, 2.45) is 11.1 Å². The first kappa shape index (κ1) is 17.1. The Kier molecular flexibility index (Phi) is 6.65. The van der Waals surface area contributed by atoms with Crippen LogP contribution in [-0.2, 0) is 16.4 Å². The zero-order chi connectivity index (χ0) is 15.2. The van der Waals surface area contributed by atoms with E-state index in [1.807, 2.05) is 12.1 Å². The van der Waals surface area contributed by atoms with Crippen LogP contribution in [0.4, 0.5) is 0 Å². The molecule has 0 saturated heterocycles. The largest absolute Gasteiger partial charge is 0.314 e. The second-order valence-corrected chi connectivity index (χ2v) is 7.33. The number of benzene rings is 1. The lowest BCUT2D eigenvalue weighted by Crippen LogP contribution is -2.28. The van der Waals surface area contributed by atoms with E-state index in [2.05, 4.69) is 26.1 Å². The maximum atomic E-state index is 11.1. The second-order valence-electron chi connectivity index (χ2n) is 5.77. The molecule has 0 amide bonds. The van der Waals surface area contributed by atoms with E-state index in [0.717, 1.165) is 24.4 Å². The third kappa shape index (κ3) is 6.50. The predicted octanol–water partition coefficient (Wildman–Crippen LogP) is 2.29. The molecule has 0 saturated carbocycles. The molecule has 0 aliphatic heterocycles. The van der Waals surface area contributed by atoms with Gasteiger partial charge in [-0.2, -0.15) is 0 Å². The molecule has 0 aliphatic carbocycles. The molecule has 0 heterocycles. The van der Waals surface area contributed by atoms with Crippen LogP contribution in [0, 0.1) is 5.92 Å². The smallest absolute Gasteiger partial charge is 0.238 e. The monoisotopic (exact) mass is 298 g/mol. The van der Waals surface area contributed by atoms with E-state index in [0.29, 0.717) is 6.04 Å². The third-order valence-electron chi connectivity index (χ3n) is 3.34. The summed E-state index contributed by atoms with van der Waals surface area (Å²) in [7, 11) is -3.58. The molecule has 0 spiro atoms. The minimum absolute atomic E-state index is 0.166. The summed E-state index contributed by atoms with van der Waals surface area (Å²) in [6.45, 7) is 7.57. The molecule has 0 aliphatic rings. The van der Waals surface area contributed by atoms with E-state index >= 15 is 0 Å². The van der Waals surface area contributed by atoms with Gasteiger partial charge < -0.3 is 5.32 Å². The van der Waals surface area contributed by atoms with Crippen LogP contribution >= 0.6 is 0 Å². The zero-order valence-corrected chi connectivity index (χ0v) is 13.4. The number of primary sulfonamides is 1. The van der Waals surface area contributed by atoms with Gasteiger partial charge in [-0.3, -0.25) is 0 Å². The topological polar surface area (TPSA) is 72.2 Å². The highest BCUT2D eigenvalue weighted by Gasteiger charge is 2.07. The van der Waals surface area contributed by atoms with Gasteiger partial charge in [0, 0.05) is 6.04 Å². The molecule has 1 unspecified atom stereocenters. The molecular formula is C15H26N2O2S. The molecule has 1 aromatic carbocycles. The number of sulfonamides is 1. The van der Waals surface area contributed by atoms with E-state index < -0.39 is 10.0 Å². The third-order valence-corrected chi connectivity index (χ3v) is 4.26. The fourth-order valence-electron chi connectivity index (χ4n) is 1.99. The second kappa shape index (κ2) is 7.76. The van der Waals surface area contributed by atoms with E-state index in [-0.39, 0.29) is 4.90 Å². The zero-order valence-electron chi connectivity index (χ0n) is 12.6. The van der Waals surface area contributed by atoms with E-state index in [1.165, 1.54) is 12.8 Å². The summed E-state index contributed by atoms with van der Waals surface area (Å²) in [6.07, 6.45) is 3.30. The molecule has 1 rings (SSSR count). The lowest BCUT2D eigenvalue weighted by Gasteiger charge is -2.15. The minimum Gasteiger partial charge on any atom is -0.314 e. The molecular weight excluding hydrogens is 272 g/mol. The molecule has 0 bridgehead atoms. The van der Waals surface area contributed by atoms with Crippen LogP contribution in [0.3, 0.4) is 0 Å². The van der Waals surface area contributed by atoms with Gasteiger partial charge in [0.05, 0.1) is 4.90 Å². The molecule has 4 nitrogen and oxygen atoms in total. The average Bonchev–Trinajstić information content (AvgIpc) is 2.36. The van der Waals surface area contributed by atoms with Gasteiger partial charge in [-0.05, 0) is 56.3 Å². The summed E-state index contributed by atoms with van der Waals surface area (Å²) >= 11 is 0. The first-order valence-electron chi connectivity index (χ1n) is 7.14. The number of nitrogens with two attached hydrogens (primary N) is 1. The Labute approximate surface area is 122 Å². The summed E-state index contributed by atoms with van der Waals surface area (Å²) in [5.41, 5.74) is 1.11. The Morgan fingerprint density at radius 3 is 2.20 bits per heavy atom. The van der Waals surface area contributed by atoms with Crippen LogP contribution in [-0.4, -0.2) is 21.0 Å². The Hall–Kier alpha value is -0.910. The number of hydrogen-bond donors (Lipinski definition) is 2. The van der Waals surface area contributed by atoms with Crippen molar-refractivity contribution in [3.8, 4) is 0 Å². The van der Waals surface area contributed by atoms with Crippen LogP contribution in [0.1, 0.15) is 39.2 Å². The van der Waals surface area contributed by atoms with E-state index in [1.54, 1.807) is 12.1 Å². The first-order valence-corrected chi connectivity index (χ1v) is 8.69. The molecule has 5 heteroatoms. The summed E-state index contributed by atoms with van der Waals surface area (Å²) in [4.78, 5) is 0.166. The lowest BCUT2D eigenvalue weighted by molar-refractivity contribution is 0.453. The fraction of sp³-hybridized carbons (Fsp3) is 0.600. The highest BCUT2D eigenvalue weighted by molar-refractivity contribution is 7.89. The highest BCUT2D eigenvalue weighted by Crippen LogP contribution is 2.09. The van der Waals surface area contributed by atoms with Crippen molar-refractivity contribution < 1.29 is 8.42 Å². The van der Waals surface area contributed by atoms with Crippen LogP contribution < -0.4 is 10.5 Å². The number of nitrogens with one attached hydrogen (secondary N) is 1. The van der Waals surface area contributed by atoms with Gasteiger partial charge in [0.2, 0.25) is 10.0 Å². The first-order chi connectivity index (χ1) is 9.29. The van der Waals surface area contributed by atoms with Crippen molar-refractivity contribution in [3.63, 3.8) is 0 Å². The summed E-state index contributed by atoms with van der Waals surface area (Å²) in [5, 5.41) is 8.55. The Bertz CT molecular complexity index is 495. The Morgan fingerprint density at radius 1 is 1.10 bits per heavy atom. The minimum atomic E-state index is -3.58. The van der Waals surface area contributed by atoms with Gasteiger partial charge in [0.15, 0.2) is 0 Å². The normalized spacial score (nSPS) is 13.7. The van der Waals surface area contributed by atoms with Crippen molar-refractivity contribution in [2.45, 2.75) is 51.0 Å². The van der Waals surface area contributed by atoms with Gasteiger partial charge in [-0.1, -0.05) is 26.0 Å². The molecule has 0 aromatic heterocycles. The van der Waals surface area contributed by atoms with E-state index in [9.17, 15) is 8.42 Å². The van der Waals surface area contributed by atoms with Crippen LogP contribution in [0.25, 0.3) is 0 Å². The SMILES string of the molecule is CC(C)CCC(C)NCCc1ccc(S(N)(=O)=O)cc1. The van der Waals surface area contributed by atoms with Gasteiger partial charge in [-0.25, -0.2) is 13.6 Å². The Morgan fingerprint density at radius 2 is 1.70 bits per heavy atom. The molecule has 0 fully saturated rings. The number of rotatable bonds is 8. The van der Waals surface area contributed by atoms with Crippen LogP contribution in [0.15, 0.2) is 29.2 Å². The fourth-order valence-corrected chi connectivity index (χ4v) is 2.51. The molecule has 114 valence electrons. The highest BCUT2D eigenvalue weighted by atomic mass is 32.2. The van der Waals surface area contributed by atoms with Gasteiger partial charge in [-0.15, -0.1) is 0 Å². The lowest BCUT2D eigenvalue weighted by atomic mass is 10.0. The molecule has 1 aromatic rings. The number of hydrogen-bond acceptors (Lipinski definition) is 3. The van der Waals surface area contributed by atoms with Gasteiger partial charge in [0.1, 0.15) is 0 Å². The van der Waals surface area contributed by atoms with Gasteiger partial charge >= 0.3 is 0 Å². The molecule has 3 N–H and O–H groups in total. The average molecular weight is 298 g/mol. The van der Waals surface area contributed by atoms with Crippen molar-refractivity contribution >= 4 is 10.0 Å².